The van der Waals surface area contributed by atoms with Gasteiger partial charge in [0, 0.05) is 19.2 Å². The minimum atomic E-state index is -0.210. The zero-order valence-corrected chi connectivity index (χ0v) is 22.8. The summed E-state index contributed by atoms with van der Waals surface area (Å²) >= 11 is 0. The van der Waals surface area contributed by atoms with Gasteiger partial charge in [0.05, 0.1) is 19.3 Å². The number of aldehydes is 2. The highest BCUT2D eigenvalue weighted by Crippen LogP contribution is 2.22. The molecule has 0 heterocycles. The van der Waals surface area contributed by atoms with Crippen molar-refractivity contribution in [3.05, 3.63) is 114 Å². The molecule has 1 unspecified atom stereocenters. The number of rotatable bonds is 12. The average molecular weight is 517 g/mol. The van der Waals surface area contributed by atoms with Gasteiger partial charge in [0.1, 0.15) is 24.1 Å². The quantitative estimate of drug-likeness (QED) is 0.208. The Morgan fingerprint density at radius 2 is 1.47 bits per heavy atom. The predicted molar refractivity (Wildman–Crippen MR) is 157 cm³/mol. The molecule has 6 nitrogen and oxygen atoms in total. The van der Waals surface area contributed by atoms with E-state index in [1.807, 2.05) is 124 Å². The normalized spacial score (nSPS) is 11.3. The van der Waals surface area contributed by atoms with E-state index >= 15 is 0 Å². The van der Waals surface area contributed by atoms with Crippen LogP contribution in [0.15, 0.2) is 109 Å². The topological polar surface area (TPSA) is 76.7 Å². The summed E-state index contributed by atoms with van der Waals surface area (Å²) in [5.74, 6) is 1.70. The summed E-state index contributed by atoms with van der Waals surface area (Å²) in [6.07, 6.45) is 8.12. The second kappa shape index (κ2) is 21.1. The second-order valence-corrected chi connectivity index (χ2v) is 8.13. The molecule has 3 aromatic rings. The number of ether oxygens (including phenoxy) is 2. The number of carbonyl (C=O) groups is 2. The van der Waals surface area contributed by atoms with Crippen LogP contribution < -0.4 is 15.4 Å². The van der Waals surface area contributed by atoms with Crippen LogP contribution in [0.25, 0.3) is 0 Å². The number of hydrogen-bond acceptors (Lipinski definition) is 6. The maximum Gasteiger partial charge on any atom is 0.139 e. The van der Waals surface area contributed by atoms with Crippen molar-refractivity contribution in [3.63, 3.8) is 0 Å². The van der Waals surface area contributed by atoms with Gasteiger partial charge >= 0.3 is 0 Å². The van der Waals surface area contributed by atoms with Gasteiger partial charge in [-0.15, -0.1) is 0 Å². The molecule has 38 heavy (non-hydrogen) atoms. The SMILES string of the molecule is C/C=C\C=C(/C)CC=O.CNC(C=O)COCc1ccccc1.CNc1ccc(Oc2ccccc2)cc1. The highest BCUT2D eigenvalue weighted by molar-refractivity contribution is 5.57. The van der Waals surface area contributed by atoms with Crippen LogP contribution in [0.5, 0.6) is 11.5 Å². The Hall–Kier alpha value is -4.00. The lowest BCUT2D eigenvalue weighted by atomic mass is 10.2. The number of carbonyl (C=O) groups excluding carboxylic acids is 2. The van der Waals surface area contributed by atoms with Gasteiger partial charge in [0.15, 0.2) is 0 Å². The van der Waals surface area contributed by atoms with E-state index in [4.69, 9.17) is 9.47 Å². The van der Waals surface area contributed by atoms with E-state index in [1.54, 1.807) is 7.05 Å². The van der Waals surface area contributed by atoms with Crippen molar-refractivity contribution in [2.45, 2.75) is 32.9 Å². The minimum absolute atomic E-state index is 0.210. The van der Waals surface area contributed by atoms with Crippen LogP contribution >= 0.6 is 0 Å². The molecule has 2 N–H and O–H groups in total. The van der Waals surface area contributed by atoms with Crippen molar-refractivity contribution >= 4 is 18.3 Å². The van der Waals surface area contributed by atoms with E-state index in [-0.39, 0.29) is 6.04 Å². The fourth-order valence-electron chi connectivity index (χ4n) is 2.84. The lowest BCUT2D eigenvalue weighted by Gasteiger charge is -2.09. The van der Waals surface area contributed by atoms with Crippen molar-refractivity contribution in [1.82, 2.24) is 5.32 Å². The first-order chi connectivity index (χ1) is 18.6. The third-order valence-corrected chi connectivity index (χ3v) is 5.04. The van der Waals surface area contributed by atoms with E-state index in [2.05, 4.69) is 10.6 Å². The lowest BCUT2D eigenvalue weighted by Crippen LogP contribution is -2.31. The molecule has 0 radical (unpaired) electrons. The largest absolute Gasteiger partial charge is 0.457 e. The van der Waals surface area contributed by atoms with Gasteiger partial charge in [-0.3, -0.25) is 0 Å². The van der Waals surface area contributed by atoms with Crippen molar-refractivity contribution in [2.75, 3.05) is 26.0 Å². The third-order valence-electron chi connectivity index (χ3n) is 5.04. The van der Waals surface area contributed by atoms with E-state index < -0.39 is 0 Å². The Morgan fingerprint density at radius 1 is 0.868 bits per heavy atom. The van der Waals surface area contributed by atoms with Crippen LogP contribution in [-0.2, 0) is 20.9 Å². The van der Waals surface area contributed by atoms with Gasteiger partial charge in [-0.05, 0) is 62.9 Å². The first kappa shape index (κ1) is 32.0. The maximum absolute atomic E-state index is 10.4. The maximum atomic E-state index is 10.4. The molecule has 6 heteroatoms. The Bertz CT molecular complexity index is 1070. The highest BCUT2D eigenvalue weighted by atomic mass is 16.5. The van der Waals surface area contributed by atoms with Crippen molar-refractivity contribution in [2.24, 2.45) is 0 Å². The molecule has 0 aromatic heterocycles. The summed E-state index contributed by atoms with van der Waals surface area (Å²) in [4.78, 5) is 20.3. The standard InChI is InChI=1S/C13H13NO.C11H15NO2.C8H12O/c1-14-11-7-9-13(10-8-11)15-12-5-3-2-4-6-12;1-12-11(7-13)9-14-8-10-5-3-2-4-6-10;1-3-4-5-8(2)6-7-9/h2-10,14H,1H3;2-7,11-12H,8-9H2,1H3;3-5,7H,6H2,1-2H3/b;;4-3-,8-5+. The highest BCUT2D eigenvalue weighted by Gasteiger charge is 2.02. The van der Waals surface area contributed by atoms with Crippen molar-refractivity contribution < 1.29 is 19.1 Å². The molecule has 0 aliphatic rings. The number of benzene rings is 3. The van der Waals surface area contributed by atoms with Gasteiger partial charge in [0.2, 0.25) is 0 Å². The fraction of sp³-hybridized carbons (Fsp3) is 0.250. The van der Waals surface area contributed by atoms with Crippen LogP contribution in [0.2, 0.25) is 0 Å². The Kier molecular flexibility index (Phi) is 17.8. The smallest absolute Gasteiger partial charge is 0.139 e. The molecular weight excluding hydrogens is 476 g/mol. The predicted octanol–water partition coefficient (Wildman–Crippen LogP) is 6.61. The molecule has 0 bridgehead atoms. The second-order valence-electron chi connectivity index (χ2n) is 8.13. The number of nitrogens with one attached hydrogen (secondary N) is 2. The molecule has 0 saturated heterocycles. The minimum Gasteiger partial charge on any atom is -0.457 e. The van der Waals surface area contributed by atoms with Gasteiger partial charge < -0.3 is 29.7 Å². The molecule has 3 aromatic carbocycles. The van der Waals surface area contributed by atoms with Crippen LogP contribution in [0.1, 0.15) is 25.8 Å². The van der Waals surface area contributed by atoms with Crippen molar-refractivity contribution in [3.8, 4) is 11.5 Å². The van der Waals surface area contributed by atoms with Gasteiger partial charge in [-0.2, -0.15) is 0 Å². The molecule has 0 amide bonds. The number of hydrogen-bond donors (Lipinski definition) is 2. The summed E-state index contributed by atoms with van der Waals surface area (Å²) in [7, 11) is 3.64. The first-order valence-corrected chi connectivity index (χ1v) is 12.5. The Labute approximate surface area is 227 Å². The molecule has 0 saturated carbocycles. The van der Waals surface area contributed by atoms with Gasteiger partial charge in [0.25, 0.3) is 0 Å². The summed E-state index contributed by atoms with van der Waals surface area (Å²) in [6.45, 7) is 4.85. The summed E-state index contributed by atoms with van der Waals surface area (Å²) in [5, 5.41) is 5.91. The van der Waals surface area contributed by atoms with Gasteiger partial charge in [-0.25, -0.2) is 0 Å². The lowest BCUT2D eigenvalue weighted by molar-refractivity contribution is -0.111. The zero-order chi connectivity index (χ0) is 27.8. The molecule has 0 spiro atoms. The molecule has 202 valence electrons. The molecule has 0 fully saturated rings. The Morgan fingerprint density at radius 3 is 2.00 bits per heavy atom. The molecule has 0 aliphatic heterocycles. The van der Waals surface area contributed by atoms with Crippen molar-refractivity contribution in [1.29, 1.82) is 0 Å². The first-order valence-electron chi connectivity index (χ1n) is 12.5. The number of likely N-dealkylation sites (N-methyl/N-ethyl adjacent to an activating group) is 1. The van der Waals surface area contributed by atoms with Crippen LogP contribution in [0, 0.1) is 0 Å². The molecular formula is C32H40N2O4. The van der Waals surface area contributed by atoms with E-state index in [1.165, 1.54) is 0 Å². The van der Waals surface area contributed by atoms with Crippen LogP contribution in [-0.4, -0.2) is 39.3 Å². The third kappa shape index (κ3) is 15.2. The fourth-order valence-corrected chi connectivity index (χ4v) is 2.84. The molecule has 0 aliphatic carbocycles. The molecule has 3 rings (SSSR count). The Balaban J connectivity index is 0.000000295. The van der Waals surface area contributed by atoms with E-state index in [0.717, 1.165) is 40.9 Å². The van der Waals surface area contributed by atoms with E-state index in [9.17, 15) is 9.59 Å². The summed E-state index contributed by atoms with van der Waals surface area (Å²) < 4.78 is 11.0. The van der Waals surface area contributed by atoms with Gasteiger partial charge in [-0.1, -0.05) is 72.3 Å². The number of allylic oxidation sites excluding steroid dienone is 4. The average Bonchev–Trinajstić information content (AvgIpc) is 2.97. The summed E-state index contributed by atoms with van der Waals surface area (Å²) in [5.41, 5.74) is 3.30. The number of para-hydroxylation sites is 1. The summed E-state index contributed by atoms with van der Waals surface area (Å²) in [6, 6.07) is 27.3. The molecule has 1 atom stereocenters. The number of anilines is 1. The van der Waals surface area contributed by atoms with Crippen LogP contribution in [0.3, 0.4) is 0 Å². The zero-order valence-electron chi connectivity index (χ0n) is 22.8. The monoisotopic (exact) mass is 516 g/mol. The van der Waals surface area contributed by atoms with Crippen LogP contribution in [0.4, 0.5) is 5.69 Å². The van der Waals surface area contributed by atoms with E-state index in [0.29, 0.717) is 19.6 Å².